The molecule has 1 rings (SSSR count). The summed E-state index contributed by atoms with van der Waals surface area (Å²) in [4.78, 5) is 23.3. The van der Waals surface area contributed by atoms with E-state index in [0.29, 0.717) is 13.2 Å². The van der Waals surface area contributed by atoms with Gasteiger partial charge in [-0.05, 0) is 17.0 Å². The number of carbonyl (C=O) groups excluding carboxylic acids is 2. The highest BCUT2D eigenvalue weighted by Gasteiger charge is 2.22. The van der Waals surface area contributed by atoms with Crippen LogP contribution in [0.2, 0.25) is 0 Å². The number of ether oxygens (including phenoxy) is 1. The molecule has 0 aliphatic rings. The first kappa shape index (κ1) is 17.2. The van der Waals surface area contributed by atoms with Crippen LogP contribution in [0.25, 0.3) is 0 Å². The van der Waals surface area contributed by atoms with E-state index in [4.69, 9.17) is 4.74 Å². The largest absolute Gasteiger partial charge is 0.380 e. The number of hydrogen-bond donors (Lipinski definition) is 2. The predicted molar refractivity (Wildman–Crippen MR) is 81.4 cm³/mol. The molecule has 5 nitrogen and oxygen atoms in total. The molecular formula is C16H24N2O3. The van der Waals surface area contributed by atoms with Crippen molar-refractivity contribution in [3.8, 4) is 0 Å². The molecule has 1 atom stereocenters. The lowest BCUT2D eigenvalue weighted by molar-refractivity contribution is -0.129. The Labute approximate surface area is 126 Å². The lowest BCUT2D eigenvalue weighted by Gasteiger charge is -2.21. The summed E-state index contributed by atoms with van der Waals surface area (Å²) in [7, 11) is 1.65. The zero-order valence-electron chi connectivity index (χ0n) is 13.1. The molecule has 0 fully saturated rings. The first-order chi connectivity index (χ1) is 9.93. The van der Waals surface area contributed by atoms with E-state index in [0.717, 1.165) is 11.1 Å². The molecule has 2 N–H and O–H groups in total. The average molecular weight is 292 g/mol. The maximum Gasteiger partial charge on any atom is 0.243 e. The Kier molecular flexibility index (Phi) is 6.88. The number of benzene rings is 1. The van der Waals surface area contributed by atoms with Crippen LogP contribution >= 0.6 is 0 Å². The Bertz CT molecular complexity index is 469. The molecule has 21 heavy (non-hydrogen) atoms. The highest BCUT2D eigenvalue weighted by atomic mass is 16.5. The standard InChI is InChI=1S/C16H24N2O3/c1-11(2)15(18-12(3)19)16(20)17-9-13-5-7-14(8-6-13)10-21-4/h5-8,11,15H,9-10H2,1-4H3,(H,17,20)(H,18,19). The quantitative estimate of drug-likeness (QED) is 0.802. The van der Waals surface area contributed by atoms with Crippen LogP contribution in [0.1, 0.15) is 31.9 Å². The summed E-state index contributed by atoms with van der Waals surface area (Å²) >= 11 is 0. The summed E-state index contributed by atoms with van der Waals surface area (Å²) in [5.41, 5.74) is 2.10. The van der Waals surface area contributed by atoms with Gasteiger partial charge in [-0.25, -0.2) is 0 Å². The normalized spacial score (nSPS) is 12.0. The van der Waals surface area contributed by atoms with Gasteiger partial charge in [0.05, 0.1) is 6.61 Å². The summed E-state index contributed by atoms with van der Waals surface area (Å²) in [6.07, 6.45) is 0. The Balaban J connectivity index is 2.56. The van der Waals surface area contributed by atoms with E-state index in [1.165, 1.54) is 6.92 Å². The van der Waals surface area contributed by atoms with E-state index < -0.39 is 6.04 Å². The molecule has 0 heterocycles. The first-order valence-electron chi connectivity index (χ1n) is 7.05. The van der Waals surface area contributed by atoms with Gasteiger partial charge in [0, 0.05) is 20.6 Å². The van der Waals surface area contributed by atoms with E-state index in [-0.39, 0.29) is 17.7 Å². The summed E-state index contributed by atoms with van der Waals surface area (Å²) in [6.45, 7) is 6.23. The van der Waals surface area contributed by atoms with E-state index in [1.54, 1.807) is 7.11 Å². The molecule has 0 radical (unpaired) electrons. The van der Waals surface area contributed by atoms with Crippen molar-refractivity contribution < 1.29 is 14.3 Å². The maximum atomic E-state index is 12.1. The third-order valence-corrected chi connectivity index (χ3v) is 3.11. The molecule has 0 saturated heterocycles. The minimum absolute atomic E-state index is 0.0398. The van der Waals surface area contributed by atoms with Gasteiger partial charge < -0.3 is 15.4 Å². The van der Waals surface area contributed by atoms with E-state index in [2.05, 4.69) is 10.6 Å². The Hall–Kier alpha value is -1.88. The smallest absolute Gasteiger partial charge is 0.243 e. The SMILES string of the molecule is COCc1ccc(CNC(=O)C(NC(C)=O)C(C)C)cc1. The zero-order chi connectivity index (χ0) is 15.8. The van der Waals surface area contributed by atoms with Crippen LogP contribution in [-0.4, -0.2) is 25.0 Å². The fourth-order valence-corrected chi connectivity index (χ4v) is 1.97. The molecule has 1 unspecified atom stereocenters. The van der Waals surface area contributed by atoms with Gasteiger partial charge in [-0.1, -0.05) is 38.1 Å². The number of methoxy groups -OCH3 is 1. The zero-order valence-corrected chi connectivity index (χ0v) is 13.1. The Morgan fingerprint density at radius 1 is 1.14 bits per heavy atom. The predicted octanol–water partition coefficient (Wildman–Crippen LogP) is 1.61. The minimum atomic E-state index is -0.504. The summed E-state index contributed by atoms with van der Waals surface area (Å²) in [5, 5.41) is 5.53. The van der Waals surface area contributed by atoms with Crippen LogP contribution in [0.4, 0.5) is 0 Å². The van der Waals surface area contributed by atoms with Gasteiger partial charge in [-0.2, -0.15) is 0 Å². The molecule has 0 spiro atoms. The van der Waals surface area contributed by atoms with Gasteiger partial charge in [-0.15, -0.1) is 0 Å². The van der Waals surface area contributed by atoms with Crippen molar-refractivity contribution in [1.29, 1.82) is 0 Å². The number of hydrogen-bond acceptors (Lipinski definition) is 3. The lowest BCUT2D eigenvalue weighted by atomic mass is 10.0. The number of carbonyl (C=O) groups is 2. The van der Waals surface area contributed by atoms with Crippen LogP contribution < -0.4 is 10.6 Å². The Morgan fingerprint density at radius 3 is 2.19 bits per heavy atom. The average Bonchev–Trinajstić information content (AvgIpc) is 2.43. The van der Waals surface area contributed by atoms with Crippen LogP contribution in [0.15, 0.2) is 24.3 Å². The number of amides is 2. The molecule has 0 aliphatic carbocycles. The van der Waals surface area contributed by atoms with E-state index in [9.17, 15) is 9.59 Å². The molecule has 0 aromatic heterocycles. The van der Waals surface area contributed by atoms with Crippen molar-refractivity contribution in [2.24, 2.45) is 5.92 Å². The monoisotopic (exact) mass is 292 g/mol. The number of rotatable bonds is 7. The maximum absolute atomic E-state index is 12.1. The van der Waals surface area contributed by atoms with Crippen molar-refractivity contribution in [3.05, 3.63) is 35.4 Å². The first-order valence-corrected chi connectivity index (χ1v) is 7.05. The van der Waals surface area contributed by atoms with Crippen molar-refractivity contribution in [3.63, 3.8) is 0 Å². The summed E-state index contributed by atoms with van der Waals surface area (Å²) < 4.78 is 5.05. The van der Waals surface area contributed by atoms with E-state index >= 15 is 0 Å². The topological polar surface area (TPSA) is 67.4 Å². The number of nitrogens with one attached hydrogen (secondary N) is 2. The third-order valence-electron chi connectivity index (χ3n) is 3.11. The minimum Gasteiger partial charge on any atom is -0.380 e. The lowest BCUT2D eigenvalue weighted by Crippen LogP contribution is -2.48. The van der Waals surface area contributed by atoms with Gasteiger partial charge >= 0.3 is 0 Å². The van der Waals surface area contributed by atoms with Gasteiger partial charge in [0.15, 0.2) is 0 Å². The highest BCUT2D eigenvalue weighted by molar-refractivity contribution is 5.86. The fourth-order valence-electron chi connectivity index (χ4n) is 1.97. The van der Waals surface area contributed by atoms with E-state index in [1.807, 2.05) is 38.1 Å². The second-order valence-electron chi connectivity index (χ2n) is 5.39. The molecule has 116 valence electrons. The van der Waals surface area contributed by atoms with Crippen LogP contribution in [0.3, 0.4) is 0 Å². The highest BCUT2D eigenvalue weighted by Crippen LogP contribution is 2.06. The van der Waals surface area contributed by atoms with Crippen molar-refractivity contribution in [2.45, 2.75) is 40.0 Å². The Morgan fingerprint density at radius 2 is 1.71 bits per heavy atom. The molecule has 0 aliphatic heterocycles. The third kappa shape index (κ3) is 5.95. The van der Waals surface area contributed by atoms with Gasteiger partial charge in [0.1, 0.15) is 6.04 Å². The summed E-state index contributed by atoms with van der Waals surface area (Å²) in [5.74, 6) is -0.327. The second kappa shape index (κ2) is 8.42. The summed E-state index contributed by atoms with van der Waals surface area (Å²) in [6, 6.07) is 7.35. The van der Waals surface area contributed by atoms with Gasteiger partial charge in [0.2, 0.25) is 11.8 Å². The van der Waals surface area contributed by atoms with Crippen LogP contribution in [-0.2, 0) is 27.5 Å². The van der Waals surface area contributed by atoms with Gasteiger partial charge in [-0.3, -0.25) is 9.59 Å². The van der Waals surface area contributed by atoms with Crippen molar-refractivity contribution >= 4 is 11.8 Å². The van der Waals surface area contributed by atoms with Gasteiger partial charge in [0.25, 0.3) is 0 Å². The second-order valence-corrected chi connectivity index (χ2v) is 5.39. The molecular weight excluding hydrogens is 268 g/mol. The molecule has 5 heteroatoms. The van der Waals surface area contributed by atoms with Crippen LogP contribution in [0.5, 0.6) is 0 Å². The molecule has 1 aromatic rings. The van der Waals surface area contributed by atoms with Crippen molar-refractivity contribution in [1.82, 2.24) is 10.6 Å². The molecule has 0 saturated carbocycles. The molecule has 1 aromatic carbocycles. The fraction of sp³-hybridized carbons (Fsp3) is 0.500. The van der Waals surface area contributed by atoms with Crippen molar-refractivity contribution in [2.75, 3.05) is 7.11 Å². The van der Waals surface area contributed by atoms with Crippen LogP contribution in [0, 0.1) is 5.92 Å². The molecule has 0 bridgehead atoms. The molecule has 2 amide bonds.